The summed E-state index contributed by atoms with van der Waals surface area (Å²) < 4.78 is 0. The van der Waals surface area contributed by atoms with Crippen LogP contribution in [0.15, 0.2) is 0 Å². The fraction of sp³-hybridized carbons (Fsp3) is 0.905. The van der Waals surface area contributed by atoms with Gasteiger partial charge in [-0.25, -0.2) is 0 Å². The van der Waals surface area contributed by atoms with Crippen molar-refractivity contribution in [3.8, 4) is 0 Å². The second-order valence-electron chi connectivity index (χ2n) is 7.57. The molecule has 1 unspecified atom stereocenters. The number of carbonyl (C=O) groups excluding carboxylic acids is 2. The third kappa shape index (κ3) is 9.86. The van der Waals surface area contributed by atoms with Gasteiger partial charge in [-0.1, -0.05) is 78.1 Å². The van der Waals surface area contributed by atoms with Gasteiger partial charge in [-0.2, -0.15) is 0 Å². The van der Waals surface area contributed by atoms with E-state index in [0.717, 1.165) is 38.8 Å². The van der Waals surface area contributed by atoms with Gasteiger partial charge in [0.25, 0.3) is 0 Å². The number of amides is 2. The molecule has 0 radical (unpaired) electrons. The lowest BCUT2D eigenvalue weighted by atomic mass is 10.1. The van der Waals surface area contributed by atoms with Crippen LogP contribution in [0.25, 0.3) is 0 Å². The molecule has 1 aliphatic rings. The van der Waals surface area contributed by atoms with Crippen LogP contribution in [0.2, 0.25) is 0 Å². The van der Waals surface area contributed by atoms with Crippen LogP contribution >= 0.6 is 0 Å². The molecule has 1 fully saturated rings. The van der Waals surface area contributed by atoms with Gasteiger partial charge in [0.15, 0.2) is 0 Å². The largest absolute Gasteiger partial charge is 0.356 e. The van der Waals surface area contributed by atoms with Crippen LogP contribution in [0.5, 0.6) is 0 Å². The lowest BCUT2D eigenvalue weighted by Crippen LogP contribution is -2.33. The molecule has 2 amide bonds. The molecule has 0 aromatic rings. The average molecular weight is 353 g/mol. The van der Waals surface area contributed by atoms with E-state index >= 15 is 0 Å². The normalized spacial score (nSPS) is 17.3. The Morgan fingerprint density at radius 1 is 0.920 bits per heavy atom. The average Bonchev–Trinajstić information content (AvgIpc) is 2.98. The highest BCUT2D eigenvalue weighted by Crippen LogP contribution is 2.19. The zero-order valence-corrected chi connectivity index (χ0v) is 16.7. The van der Waals surface area contributed by atoms with Crippen molar-refractivity contribution in [3.63, 3.8) is 0 Å². The molecule has 0 aromatic carbocycles. The molecule has 1 rings (SSSR count). The number of hydrogen-bond acceptors (Lipinski definition) is 2. The number of likely N-dealkylation sites (tertiary alicyclic amines) is 1. The molecule has 0 bridgehead atoms. The zero-order chi connectivity index (χ0) is 18.3. The third-order valence-electron chi connectivity index (χ3n) is 5.20. The van der Waals surface area contributed by atoms with E-state index in [2.05, 4.69) is 19.2 Å². The first kappa shape index (κ1) is 22.0. The molecule has 1 N–H and O–H groups in total. The van der Waals surface area contributed by atoms with Crippen LogP contribution in [-0.2, 0) is 9.59 Å². The Bertz CT molecular complexity index is 371. The molecule has 25 heavy (non-hydrogen) atoms. The lowest BCUT2D eigenvalue weighted by molar-refractivity contribution is -0.129. The van der Waals surface area contributed by atoms with Crippen molar-refractivity contribution in [2.45, 2.75) is 97.3 Å². The molecular formula is C21H40N2O2. The van der Waals surface area contributed by atoms with E-state index in [1.54, 1.807) is 0 Å². The fourth-order valence-electron chi connectivity index (χ4n) is 3.51. The van der Waals surface area contributed by atoms with E-state index in [9.17, 15) is 9.59 Å². The van der Waals surface area contributed by atoms with Gasteiger partial charge < -0.3 is 10.2 Å². The predicted octanol–water partition coefficient (Wildman–Crippen LogP) is 4.67. The Balaban J connectivity index is 2.05. The predicted molar refractivity (Wildman–Crippen MR) is 104 cm³/mol. The van der Waals surface area contributed by atoms with Gasteiger partial charge in [-0.3, -0.25) is 9.59 Å². The van der Waals surface area contributed by atoms with Crippen molar-refractivity contribution in [1.82, 2.24) is 10.2 Å². The molecule has 4 nitrogen and oxygen atoms in total. The molecule has 1 heterocycles. The van der Waals surface area contributed by atoms with Gasteiger partial charge in [0.1, 0.15) is 0 Å². The highest BCUT2D eigenvalue weighted by atomic mass is 16.2. The summed E-state index contributed by atoms with van der Waals surface area (Å²) in [7, 11) is 0. The van der Waals surface area contributed by atoms with Crippen molar-refractivity contribution >= 4 is 11.8 Å². The number of unbranched alkanes of at least 4 members (excludes halogenated alkanes) is 10. The Morgan fingerprint density at radius 2 is 1.48 bits per heavy atom. The van der Waals surface area contributed by atoms with Crippen LogP contribution in [0.3, 0.4) is 0 Å². The van der Waals surface area contributed by atoms with Gasteiger partial charge in [-0.15, -0.1) is 0 Å². The summed E-state index contributed by atoms with van der Waals surface area (Å²) in [4.78, 5) is 26.1. The first-order valence-corrected chi connectivity index (χ1v) is 10.7. The van der Waals surface area contributed by atoms with Crippen LogP contribution in [0.1, 0.15) is 97.3 Å². The Kier molecular flexibility index (Phi) is 12.4. The van der Waals surface area contributed by atoms with Crippen LogP contribution < -0.4 is 5.32 Å². The first-order chi connectivity index (χ1) is 12.2. The second kappa shape index (κ2) is 14.1. The van der Waals surface area contributed by atoms with E-state index in [0.29, 0.717) is 13.0 Å². The summed E-state index contributed by atoms with van der Waals surface area (Å²) in [6.07, 6.45) is 15.4. The van der Waals surface area contributed by atoms with E-state index in [-0.39, 0.29) is 17.7 Å². The number of carbonyl (C=O) groups is 2. The van der Waals surface area contributed by atoms with Gasteiger partial charge in [0.05, 0.1) is 5.92 Å². The molecule has 0 saturated carbocycles. The maximum absolute atomic E-state index is 12.1. The zero-order valence-electron chi connectivity index (χ0n) is 16.7. The van der Waals surface area contributed by atoms with E-state index in [1.807, 2.05) is 4.90 Å². The number of rotatable bonds is 15. The topological polar surface area (TPSA) is 49.4 Å². The van der Waals surface area contributed by atoms with Crippen LogP contribution in [-0.4, -0.2) is 36.3 Å². The molecule has 0 aliphatic carbocycles. The maximum atomic E-state index is 12.1. The maximum Gasteiger partial charge on any atom is 0.225 e. The fourth-order valence-corrected chi connectivity index (χ4v) is 3.51. The minimum Gasteiger partial charge on any atom is -0.356 e. The molecule has 1 aliphatic heterocycles. The van der Waals surface area contributed by atoms with Gasteiger partial charge in [0, 0.05) is 26.1 Å². The molecule has 0 aromatic heterocycles. The van der Waals surface area contributed by atoms with Crippen LogP contribution in [0, 0.1) is 5.92 Å². The van der Waals surface area contributed by atoms with E-state index in [4.69, 9.17) is 0 Å². The second-order valence-corrected chi connectivity index (χ2v) is 7.57. The summed E-state index contributed by atoms with van der Waals surface area (Å²) in [5.74, 6) is 0.0972. The Hall–Kier alpha value is -1.06. The highest BCUT2D eigenvalue weighted by molar-refractivity contribution is 5.89. The number of hydrogen-bond donors (Lipinski definition) is 1. The number of nitrogens with one attached hydrogen (secondary N) is 1. The van der Waals surface area contributed by atoms with Gasteiger partial charge in [-0.05, 0) is 12.8 Å². The number of nitrogens with zero attached hydrogens (tertiary/aromatic N) is 1. The van der Waals surface area contributed by atoms with Crippen LogP contribution in [0.4, 0.5) is 0 Å². The summed E-state index contributed by atoms with van der Waals surface area (Å²) >= 11 is 0. The van der Waals surface area contributed by atoms with E-state index in [1.165, 1.54) is 51.4 Å². The quantitative estimate of drug-likeness (QED) is 0.435. The molecule has 4 heteroatoms. The van der Waals surface area contributed by atoms with E-state index < -0.39 is 0 Å². The molecule has 1 atom stereocenters. The van der Waals surface area contributed by atoms with Gasteiger partial charge in [0.2, 0.25) is 11.8 Å². The molecule has 1 saturated heterocycles. The lowest BCUT2D eigenvalue weighted by Gasteiger charge is -2.16. The molecule has 0 spiro atoms. The first-order valence-electron chi connectivity index (χ1n) is 10.7. The summed E-state index contributed by atoms with van der Waals surface area (Å²) in [5, 5.41) is 2.99. The molecular weight excluding hydrogens is 312 g/mol. The highest BCUT2D eigenvalue weighted by Gasteiger charge is 2.33. The monoisotopic (exact) mass is 352 g/mol. The summed E-state index contributed by atoms with van der Waals surface area (Å²) in [5.41, 5.74) is 0. The minimum absolute atomic E-state index is 0.0685. The summed E-state index contributed by atoms with van der Waals surface area (Å²) in [6.45, 7) is 6.60. The van der Waals surface area contributed by atoms with Crippen molar-refractivity contribution in [3.05, 3.63) is 0 Å². The minimum atomic E-state index is -0.132. The summed E-state index contributed by atoms with van der Waals surface area (Å²) in [6, 6.07) is 0. The van der Waals surface area contributed by atoms with Crippen molar-refractivity contribution in [1.29, 1.82) is 0 Å². The Morgan fingerprint density at radius 3 is 2.12 bits per heavy atom. The van der Waals surface area contributed by atoms with Gasteiger partial charge >= 0.3 is 0 Å². The van der Waals surface area contributed by atoms with Crippen molar-refractivity contribution in [2.24, 2.45) is 5.92 Å². The third-order valence-corrected chi connectivity index (χ3v) is 5.20. The van der Waals surface area contributed by atoms with Crippen molar-refractivity contribution < 1.29 is 9.59 Å². The van der Waals surface area contributed by atoms with Crippen molar-refractivity contribution in [2.75, 3.05) is 19.6 Å². The Labute approximate surface area is 155 Å². The molecule has 146 valence electrons. The smallest absolute Gasteiger partial charge is 0.225 e. The standard InChI is InChI=1S/C21H40N2O2/c1-3-5-7-8-9-10-11-12-14-16-23-18-19(17-20(23)24)21(25)22-15-13-6-4-2/h19H,3-18H2,1-2H3,(H,22,25). The SMILES string of the molecule is CCCCCCCCCCCN1CC(C(=O)NCCCCC)CC1=O.